The Morgan fingerprint density at radius 1 is 1.31 bits per heavy atom. The molecule has 0 aromatic heterocycles. The van der Waals surface area contributed by atoms with Crippen LogP contribution in [-0.2, 0) is 4.84 Å². The van der Waals surface area contributed by atoms with Crippen LogP contribution in [0.25, 0.3) is 0 Å². The Bertz CT molecular complexity index is 305. The van der Waals surface area contributed by atoms with Gasteiger partial charge in [0.25, 0.3) is 0 Å². The highest BCUT2D eigenvalue weighted by Gasteiger charge is 1.92. The fourth-order valence-corrected chi connectivity index (χ4v) is 1.02. The zero-order chi connectivity index (χ0) is 9.68. The second-order valence-electron chi connectivity index (χ2n) is 3.00. The molecule has 0 atom stereocenters. The molecule has 0 N–H and O–H groups in total. The fraction of sp³-hybridized carbons (Fsp3) is 0.364. The minimum absolute atomic E-state index is 0.612. The van der Waals surface area contributed by atoms with Crippen LogP contribution < -0.4 is 0 Å². The van der Waals surface area contributed by atoms with E-state index in [1.165, 1.54) is 11.1 Å². The Hall–Kier alpha value is -1.31. The van der Waals surface area contributed by atoms with Crippen LogP contribution in [0.4, 0.5) is 0 Å². The lowest BCUT2D eigenvalue weighted by atomic mass is 10.1. The molecule has 70 valence electrons. The molecule has 0 bridgehead atoms. The minimum Gasteiger partial charge on any atom is -0.396 e. The number of rotatable bonds is 3. The molecule has 0 amide bonds. The number of nitrogens with zero attached hydrogens (tertiary/aromatic N) is 1. The van der Waals surface area contributed by atoms with Crippen molar-refractivity contribution in [1.29, 1.82) is 0 Å². The Kier molecular flexibility index (Phi) is 3.50. The smallest absolute Gasteiger partial charge is 0.114 e. The number of benzene rings is 1. The second-order valence-corrected chi connectivity index (χ2v) is 3.00. The third kappa shape index (κ3) is 2.90. The maximum Gasteiger partial charge on any atom is 0.114 e. The molecule has 0 aliphatic carbocycles. The molecule has 2 heteroatoms. The van der Waals surface area contributed by atoms with Crippen molar-refractivity contribution in [3.05, 3.63) is 34.9 Å². The van der Waals surface area contributed by atoms with Gasteiger partial charge in [0.05, 0.1) is 6.21 Å². The summed E-state index contributed by atoms with van der Waals surface area (Å²) in [5.74, 6) is 0. The van der Waals surface area contributed by atoms with E-state index in [0.29, 0.717) is 6.61 Å². The third-order valence-electron chi connectivity index (χ3n) is 1.94. The summed E-state index contributed by atoms with van der Waals surface area (Å²) in [6.45, 7) is 6.71. The molecule has 13 heavy (non-hydrogen) atoms. The first-order chi connectivity index (χ1) is 6.24. The fourth-order valence-electron chi connectivity index (χ4n) is 1.02. The number of hydrogen-bond acceptors (Lipinski definition) is 2. The van der Waals surface area contributed by atoms with Crippen molar-refractivity contribution < 1.29 is 4.84 Å². The molecule has 0 fully saturated rings. The van der Waals surface area contributed by atoms with Gasteiger partial charge in [0.1, 0.15) is 6.61 Å². The predicted molar refractivity (Wildman–Crippen MR) is 55.1 cm³/mol. The van der Waals surface area contributed by atoms with E-state index in [1.54, 1.807) is 6.21 Å². The number of aryl methyl sites for hydroxylation is 2. The van der Waals surface area contributed by atoms with Crippen molar-refractivity contribution in [2.24, 2.45) is 5.16 Å². The molecule has 1 aromatic rings. The van der Waals surface area contributed by atoms with E-state index in [2.05, 4.69) is 31.1 Å². The van der Waals surface area contributed by atoms with Crippen LogP contribution in [0.5, 0.6) is 0 Å². The van der Waals surface area contributed by atoms with Gasteiger partial charge in [-0.3, -0.25) is 0 Å². The molecule has 2 nitrogen and oxygen atoms in total. The highest BCUT2D eigenvalue weighted by molar-refractivity contribution is 5.79. The van der Waals surface area contributed by atoms with Gasteiger partial charge in [-0.2, -0.15) is 0 Å². The lowest BCUT2D eigenvalue weighted by Crippen LogP contribution is -1.87. The van der Waals surface area contributed by atoms with Gasteiger partial charge < -0.3 is 4.84 Å². The van der Waals surface area contributed by atoms with E-state index >= 15 is 0 Å². The van der Waals surface area contributed by atoms with E-state index < -0.39 is 0 Å². The van der Waals surface area contributed by atoms with Gasteiger partial charge in [-0.1, -0.05) is 23.4 Å². The Labute approximate surface area is 79.2 Å². The van der Waals surface area contributed by atoms with Crippen molar-refractivity contribution in [2.75, 3.05) is 6.61 Å². The van der Waals surface area contributed by atoms with Crippen LogP contribution in [-0.4, -0.2) is 12.8 Å². The monoisotopic (exact) mass is 177 g/mol. The summed E-state index contributed by atoms with van der Waals surface area (Å²) < 4.78 is 0. The summed E-state index contributed by atoms with van der Waals surface area (Å²) in [6.07, 6.45) is 1.73. The van der Waals surface area contributed by atoms with Crippen LogP contribution >= 0.6 is 0 Å². The average molecular weight is 177 g/mol. The van der Waals surface area contributed by atoms with Gasteiger partial charge in [-0.05, 0) is 37.5 Å². The van der Waals surface area contributed by atoms with Crippen LogP contribution in [0.15, 0.2) is 23.4 Å². The second kappa shape index (κ2) is 4.65. The molecule has 0 heterocycles. The van der Waals surface area contributed by atoms with Gasteiger partial charge in [-0.25, -0.2) is 0 Å². The molecule has 0 unspecified atom stereocenters. The first kappa shape index (κ1) is 9.78. The van der Waals surface area contributed by atoms with Gasteiger partial charge >= 0.3 is 0 Å². The van der Waals surface area contributed by atoms with E-state index in [9.17, 15) is 0 Å². The molecule has 0 radical (unpaired) electrons. The van der Waals surface area contributed by atoms with Crippen molar-refractivity contribution in [1.82, 2.24) is 0 Å². The highest BCUT2D eigenvalue weighted by Crippen LogP contribution is 2.07. The quantitative estimate of drug-likeness (QED) is 0.514. The largest absolute Gasteiger partial charge is 0.396 e. The predicted octanol–water partition coefficient (Wildman–Crippen LogP) is 2.67. The summed E-state index contributed by atoms with van der Waals surface area (Å²) in [7, 11) is 0. The van der Waals surface area contributed by atoms with Crippen molar-refractivity contribution in [3.8, 4) is 0 Å². The molecule has 1 aromatic carbocycles. The summed E-state index contributed by atoms with van der Waals surface area (Å²) in [5, 5.41) is 3.81. The lowest BCUT2D eigenvalue weighted by Gasteiger charge is -1.99. The maximum atomic E-state index is 4.88. The van der Waals surface area contributed by atoms with E-state index in [-0.39, 0.29) is 0 Å². The number of oxime groups is 1. The normalized spacial score (nSPS) is 10.7. The molecule has 0 aliphatic rings. The van der Waals surface area contributed by atoms with Crippen LogP contribution in [0, 0.1) is 13.8 Å². The van der Waals surface area contributed by atoms with Gasteiger partial charge in [-0.15, -0.1) is 0 Å². The highest BCUT2D eigenvalue weighted by atomic mass is 16.6. The molecule has 0 saturated heterocycles. The first-order valence-corrected chi connectivity index (χ1v) is 4.46. The first-order valence-electron chi connectivity index (χ1n) is 4.46. The van der Waals surface area contributed by atoms with Gasteiger partial charge in [0.15, 0.2) is 0 Å². The maximum absolute atomic E-state index is 4.88. The topological polar surface area (TPSA) is 21.6 Å². The van der Waals surface area contributed by atoms with Crippen molar-refractivity contribution >= 4 is 6.21 Å². The van der Waals surface area contributed by atoms with Crippen LogP contribution in [0.3, 0.4) is 0 Å². The molecule has 0 spiro atoms. The SMILES string of the molecule is CCO/N=C\c1ccc(C)c(C)c1. The number of hydrogen-bond donors (Lipinski definition) is 0. The molecule has 1 rings (SSSR count). The van der Waals surface area contributed by atoms with Gasteiger partial charge in [0.2, 0.25) is 0 Å². The summed E-state index contributed by atoms with van der Waals surface area (Å²) >= 11 is 0. The molecule has 0 aliphatic heterocycles. The zero-order valence-corrected chi connectivity index (χ0v) is 8.37. The third-order valence-corrected chi connectivity index (χ3v) is 1.94. The van der Waals surface area contributed by atoms with Crippen LogP contribution in [0.2, 0.25) is 0 Å². The summed E-state index contributed by atoms with van der Waals surface area (Å²) in [4.78, 5) is 4.88. The van der Waals surface area contributed by atoms with E-state index in [1.807, 2.05) is 13.0 Å². The Morgan fingerprint density at radius 3 is 2.69 bits per heavy atom. The zero-order valence-electron chi connectivity index (χ0n) is 8.37. The minimum atomic E-state index is 0.612. The van der Waals surface area contributed by atoms with Gasteiger partial charge in [0, 0.05) is 0 Å². The Balaban J connectivity index is 2.73. The van der Waals surface area contributed by atoms with Crippen LogP contribution in [0.1, 0.15) is 23.6 Å². The van der Waals surface area contributed by atoms with E-state index in [4.69, 9.17) is 4.84 Å². The van der Waals surface area contributed by atoms with E-state index in [0.717, 1.165) is 5.56 Å². The average Bonchev–Trinajstić information content (AvgIpc) is 2.12. The molecular weight excluding hydrogens is 162 g/mol. The Morgan fingerprint density at radius 2 is 2.08 bits per heavy atom. The molecular formula is C11H15NO. The van der Waals surface area contributed by atoms with Crippen molar-refractivity contribution in [2.45, 2.75) is 20.8 Å². The lowest BCUT2D eigenvalue weighted by molar-refractivity contribution is 0.160. The molecule has 0 saturated carbocycles. The summed E-state index contributed by atoms with van der Waals surface area (Å²) in [5.41, 5.74) is 3.66. The van der Waals surface area contributed by atoms with Crippen molar-refractivity contribution in [3.63, 3.8) is 0 Å². The standard InChI is InChI=1S/C11H15NO/c1-4-13-12-8-11-6-5-9(2)10(3)7-11/h5-8H,4H2,1-3H3/b12-8-. The summed E-state index contributed by atoms with van der Waals surface area (Å²) in [6, 6.07) is 6.21.